The minimum Gasteiger partial charge on any atom is -0.250 e. The second kappa shape index (κ2) is 1.87. The van der Waals surface area contributed by atoms with E-state index in [4.69, 9.17) is 11.6 Å². The van der Waals surface area contributed by atoms with Crippen LogP contribution in [0.2, 0.25) is 0 Å². The highest BCUT2D eigenvalue weighted by Gasteiger charge is 2.51. The van der Waals surface area contributed by atoms with Gasteiger partial charge in [0, 0.05) is 10.8 Å². The Morgan fingerprint density at radius 2 is 2.38 bits per heavy atom. The van der Waals surface area contributed by atoms with Gasteiger partial charge in [-0.1, -0.05) is 6.92 Å². The van der Waals surface area contributed by atoms with Crippen LogP contribution in [0.4, 0.5) is 4.39 Å². The summed E-state index contributed by atoms with van der Waals surface area (Å²) in [5.74, 6) is 0. The molecule has 2 heteroatoms. The van der Waals surface area contributed by atoms with Crippen molar-refractivity contribution in [1.82, 2.24) is 0 Å². The van der Waals surface area contributed by atoms with Gasteiger partial charge >= 0.3 is 0 Å². The van der Waals surface area contributed by atoms with E-state index in [9.17, 15) is 4.39 Å². The lowest BCUT2D eigenvalue weighted by atomic mass is 10.1. The molecule has 1 fully saturated rings. The number of halogens is 2. The molecule has 0 amide bonds. The van der Waals surface area contributed by atoms with Crippen molar-refractivity contribution in [1.29, 1.82) is 0 Å². The van der Waals surface area contributed by atoms with E-state index in [2.05, 4.69) is 0 Å². The molecule has 0 nitrogen and oxygen atoms in total. The van der Waals surface area contributed by atoms with Crippen molar-refractivity contribution in [3.8, 4) is 0 Å². The van der Waals surface area contributed by atoms with Gasteiger partial charge < -0.3 is 0 Å². The molecule has 48 valence electrons. The molecule has 0 aromatic heterocycles. The van der Waals surface area contributed by atoms with Crippen LogP contribution in [0.15, 0.2) is 0 Å². The van der Waals surface area contributed by atoms with Crippen LogP contribution in [0.1, 0.15) is 19.8 Å². The predicted molar refractivity (Wildman–Crippen MR) is 33.0 cm³/mol. The maximum absolute atomic E-state index is 12.0. The second-order valence-corrected chi connectivity index (χ2v) is 3.05. The lowest BCUT2D eigenvalue weighted by molar-refractivity contribution is 0.335. The van der Waals surface area contributed by atoms with Crippen molar-refractivity contribution in [2.75, 3.05) is 6.67 Å². The van der Waals surface area contributed by atoms with Gasteiger partial charge in [-0.3, -0.25) is 4.39 Å². The van der Waals surface area contributed by atoms with Crippen molar-refractivity contribution in [2.24, 2.45) is 5.41 Å². The highest BCUT2D eigenvalue weighted by molar-refractivity contribution is 6.23. The zero-order valence-electron chi connectivity index (χ0n) is 4.95. The maximum Gasteiger partial charge on any atom is 0.0965 e. The van der Waals surface area contributed by atoms with Crippen LogP contribution in [0.25, 0.3) is 0 Å². The highest BCUT2D eigenvalue weighted by Crippen LogP contribution is 2.52. The van der Waals surface area contributed by atoms with Gasteiger partial charge in [-0.2, -0.15) is 0 Å². The molecule has 1 aliphatic rings. The topological polar surface area (TPSA) is 0 Å². The summed E-state index contributed by atoms with van der Waals surface area (Å²) >= 11 is 5.67. The number of rotatable bonds is 2. The third kappa shape index (κ3) is 0.732. The van der Waals surface area contributed by atoms with Crippen molar-refractivity contribution in [3.63, 3.8) is 0 Å². The predicted octanol–water partition coefficient (Wildman–Crippen LogP) is 2.36. The lowest BCUT2D eigenvalue weighted by Gasteiger charge is -2.03. The fourth-order valence-corrected chi connectivity index (χ4v) is 1.42. The standard InChI is InChI=1S/C6H10ClF/c1-2-6(4-8)3-5(6)7/h5H,2-4H2,1H3. The Bertz CT molecular complexity index is 83.0. The van der Waals surface area contributed by atoms with Crippen molar-refractivity contribution >= 4 is 11.6 Å². The smallest absolute Gasteiger partial charge is 0.0965 e. The van der Waals surface area contributed by atoms with Gasteiger partial charge in [0.25, 0.3) is 0 Å². The summed E-state index contributed by atoms with van der Waals surface area (Å²) in [6.45, 7) is 1.75. The van der Waals surface area contributed by atoms with E-state index >= 15 is 0 Å². The summed E-state index contributed by atoms with van der Waals surface area (Å²) in [5, 5.41) is 0.123. The fraction of sp³-hybridized carbons (Fsp3) is 1.00. The van der Waals surface area contributed by atoms with E-state index in [-0.39, 0.29) is 17.5 Å². The van der Waals surface area contributed by atoms with E-state index < -0.39 is 0 Å². The molecule has 1 saturated carbocycles. The summed E-state index contributed by atoms with van der Waals surface area (Å²) < 4.78 is 12.0. The molecular formula is C6H10ClF. The van der Waals surface area contributed by atoms with Crippen LogP contribution in [0.3, 0.4) is 0 Å². The normalized spacial score (nSPS) is 44.6. The minimum atomic E-state index is -0.238. The van der Waals surface area contributed by atoms with Crippen molar-refractivity contribution in [2.45, 2.75) is 25.1 Å². The molecule has 1 rings (SSSR count). The van der Waals surface area contributed by atoms with E-state index in [0.29, 0.717) is 0 Å². The zero-order valence-corrected chi connectivity index (χ0v) is 5.71. The third-order valence-corrected chi connectivity index (χ3v) is 2.68. The van der Waals surface area contributed by atoms with Gasteiger partial charge in [0.1, 0.15) is 0 Å². The summed E-state index contributed by atoms with van der Waals surface area (Å²) in [5.41, 5.74) is -0.110. The molecule has 8 heavy (non-hydrogen) atoms. The van der Waals surface area contributed by atoms with E-state index in [1.54, 1.807) is 0 Å². The average molecular weight is 137 g/mol. The number of alkyl halides is 2. The largest absolute Gasteiger partial charge is 0.250 e. The highest BCUT2D eigenvalue weighted by atomic mass is 35.5. The first kappa shape index (κ1) is 6.34. The zero-order chi connectivity index (χ0) is 6.20. The molecule has 0 saturated heterocycles. The fourth-order valence-electron chi connectivity index (χ4n) is 0.897. The van der Waals surface area contributed by atoms with Gasteiger partial charge in [0.05, 0.1) is 6.67 Å². The van der Waals surface area contributed by atoms with Crippen LogP contribution >= 0.6 is 11.6 Å². The summed E-state index contributed by atoms with van der Waals surface area (Å²) in [4.78, 5) is 0. The lowest BCUT2D eigenvalue weighted by Crippen LogP contribution is -2.03. The summed E-state index contributed by atoms with van der Waals surface area (Å²) in [7, 11) is 0. The van der Waals surface area contributed by atoms with Gasteiger partial charge in [0.2, 0.25) is 0 Å². The Labute approximate surface area is 54.0 Å². The number of hydrogen-bond donors (Lipinski definition) is 0. The molecule has 0 aliphatic heterocycles. The third-order valence-electron chi connectivity index (χ3n) is 2.06. The van der Waals surface area contributed by atoms with E-state index in [0.717, 1.165) is 12.8 Å². The van der Waals surface area contributed by atoms with Crippen LogP contribution in [-0.2, 0) is 0 Å². The first-order valence-electron chi connectivity index (χ1n) is 2.95. The molecule has 0 bridgehead atoms. The molecule has 0 aromatic rings. The van der Waals surface area contributed by atoms with E-state index in [1.165, 1.54) is 0 Å². The SMILES string of the molecule is CCC1(CF)CC1Cl. The molecular weight excluding hydrogens is 127 g/mol. The van der Waals surface area contributed by atoms with E-state index in [1.807, 2.05) is 6.92 Å². The van der Waals surface area contributed by atoms with Gasteiger partial charge in [0.15, 0.2) is 0 Å². The maximum atomic E-state index is 12.0. The molecule has 0 spiro atoms. The Hall–Kier alpha value is 0.220. The van der Waals surface area contributed by atoms with Gasteiger partial charge in [-0.25, -0.2) is 0 Å². The minimum absolute atomic E-state index is 0.110. The molecule has 0 aromatic carbocycles. The van der Waals surface area contributed by atoms with Gasteiger partial charge in [-0.05, 0) is 12.8 Å². The molecule has 2 atom stereocenters. The van der Waals surface area contributed by atoms with Gasteiger partial charge in [-0.15, -0.1) is 11.6 Å². The Kier molecular flexibility index (Phi) is 1.48. The second-order valence-electron chi connectivity index (χ2n) is 2.52. The first-order valence-corrected chi connectivity index (χ1v) is 3.39. The Morgan fingerprint density at radius 3 is 2.38 bits per heavy atom. The Morgan fingerprint density at radius 1 is 1.88 bits per heavy atom. The monoisotopic (exact) mass is 136 g/mol. The van der Waals surface area contributed by atoms with Crippen LogP contribution < -0.4 is 0 Å². The molecule has 2 unspecified atom stereocenters. The molecule has 0 radical (unpaired) electrons. The van der Waals surface area contributed by atoms with Crippen molar-refractivity contribution in [3.05, 3.63) is 0 Å². The van der Waals surface area contributed by atoms with Crippen LogP contribution in [0, 0.1) is 5.41 Å². The summed E-state index contributed by atoms with van der Waals surface area (Å²) in [6, 6.07) is 0. The average Bonchev–Trinajstić information content (AvgIpc) is 2.43. The number of hydrogen-bond acceptors (Lipinski definition) is 0. The molecule has 0 heterocycles. The first-order chi connectivity index (χ1) is 3.75. The quantitative estimate of drug-likeness (QED) is 0.512. The van der Waals surface area contributed by atoms with Crippen LogP contribution in [-0.4, -0.2) is 12.1 Å². The Balaban J connectivity index is 2.39. The van der Waals surface area contributed by atoms with Crippen molar-refractivity contribution < 1.29 is 4.39 Å². The molecule has 0 N–H and O–H groups in total. The van der Waals surface area contributed by atoms with Crippen LogP contribution in [0.5, 0.6) is 0 Å². The summed E-state index contributed by atoms with van der Waals surface area (Å²) in [6.07, 6.45) is 1.76. The molecule has 1 aliphatic carbocycles.